The summed E-state index contributed by atoms with van der Waals surface area (Å²) in [6.45, 7) is 14.8. The van der Waals surface area contributed by atoms with Gasteiger partial charge in [0.2, 0.25) is 5.91 Å². The van der Waals surface area contributed by atoms with Crippen molar-refractivity contribution in [2.75, 3.05) is 121 Å². The van der Waals surface area contributed by atoms with E-state index in [1.54, 1.807) is 12.1 Å². The molecule has 8 N–H and O–H groups in total. The highest BCUT2D eigenvalue weighted by Crippen LogP contribution is 2.36. The Balaban J connectivity index is 0.000000133. The van der Waals surface area contributed by atoms with Crippen LogP contribution in [-0.2, 0) is 30.5 Å². The fourth-order valence-electron chi connectivity index (χ4n) is 16.4. The maximum absolute atomic E-state index is 12.7. The van der Waals surface area contributed by atoms with E-state index in [-0.39, 0.29) is 34.2 Å². The van der Waals surface area contributed by atoms with Crippen LogP contribution in [-0.4, -0.2) is 122 Å². The number of nitro groups is 1. The second-order valence-electron chi connectivity index (χ2n) is 33.0. The normalized spacial score (nSPS) is 12.8. The Kier molecular flexibility index (Phi) is 31.8. The third-order valence-corrected chi connectivity index (χ3v) is 23.6. The number of para-hydroxylation sites is 1. The summed E-state index contributed by atoms with van der Waals surface area (Å²) in [6.07, 6.45) is 3.27. The number of amides is 4. The molecule has 0 radical (unpaired) electrons. The summed E-state index contributed by atoms with van der Waals surface area (Å²) < 4.78 is 0. The minimum Gasteiger partial charge on any atom is -0.398 e. The molecule has 660 valence electrons. The summed E-state index contributed by atoms with van der Waals surface area (Å²) in [5.41, 5.74) is 45.4. The molecule has 3 aliphatic rings. The van der Waals surface area contributed by atoms with Gasteiger partial charge in [-0.15, -0.1) is 0 Å². The van der Waals surface area contributed by atoms with Gasteiger partial charge in [-0.1, -0.05) is 260 Å². The Bertz CT molecular complexity index is 6120. The molecule has 3 fully saturated rings. The fourth-order valence-corrected chi connectivity index (χ4v) is 16.4. The Labute approximate surface area is 769 Å². The summed E-state index contributed by atoms with van der Waals surface area (Å²) in [5.74, 6) is 0.241. The number of nitrogens with one attached hydrogen (secondary N) is 2. The monoisotopic (exact) mass is 1730 g/mol. The van der Waals surface area contributed by atoms with E-state index in [4.69, 9.17) is 17.2 Å². The van der Waals surface area contributed by atoms with Crippen LogP contribution in [0.15, 0.2) is 382 Å². The van der Waals surface area contributed by atoms with E-state index >= 15 is 0 Å². The van der Waals surface area contributed by atoms with Crippen molar-refractivity contribution in [3.8, 4) is 22.3 Å². The van der Waals surface area contributed by atoms with E-state index in [0.29, 0.717) is 18.8 Å². The minimum atomic E-state index is -0.370. The molecular weight excluding hydrogens is 1620 g/mol. The van der Waals surface area contributed by atoms with Crippen LogP contribution in [0.4, 0.5) is 56.9 Å². The minimum absolute atomic E-state index is 0.0604. The predicted octanol–water partition coefficient (Wildman–Crippen LogP) is 22.0. The number of carbonyl (C=O) groups is 4. The third-order valence-electron chi connectivity index (χ3n) is 23.6. The van der Waals surface area contributed by atoms with Gasteiger partial charge in [-0.3, -0.25) is 29.3 Å². The Morgan fingerprint density at radius 2 is 0.603 bits per heavy atom. The van der Waals surface area contributed by atoms with Gasteiger partial charge in [-0.2, -0.15) is 0 Å². The first-order valence-electron chi connectivity index (χ1n) is 44.6. The molecule has 15 aromatic rings. The molecular formula is C113H112N12O6. The first-order chi connectivity index (χ1) is 63.9. The van der Waals surface area contributed by atoms with Gasteiger partial charge in [-0.25, -0.2) is 0 Å². The van der Waals surface area contributed by atoms with Crippen molar-refractivity contribution in [1.29, 1.82) is 0 Å². The number of nitrogen functional groups attached to an aromatic ring is 3. The highest BCUT2D eigenvalue weighted by molar-refractivity contribution is 5.96. The molecule has 4 amide bonds. The number of hydrogen-bond donors (Lipinski definition) is 5. The molecule has 3 heterocycles. The van der Waals surface area contributed by atoms with E-state index < -0.39 is 0 Å². The third kappa shape index (κ3) is 26.0. The Hall–Kier alpha value is -15.8. The highest BCUT2D eigenvalue weighted by atomic mass is 16.6. The van der Waals surface area contributed by atoms with Crippen molar-refractivity contribution >= 4 is 80.5 Å². The van der Waals surface area contributed by atoms with Gasteiger partial charge in [0.1, 0.15) is 5.69 Å². The number of piperazine rings is 3. The average molecular weight is 1730 g/mol. The van der Waals surface area contributed by atoms with Crippen molar-refractivity contribution in [2.45, 2.75) is 46.5 Å². The fraction of sp³-hybridized carbons (Fsp3) is 0.168. The summed E-state index contributed by atoms with van der Waals surface area (Å²) in [6, 6.07) is 126. The molecule has 0 atom stereocenters. The Morgan fingerprint density at radius 3 is 0.954 bits per heavy atom. The molecule has 3 saturated heterocycles. The summed E-state index contributed by atoms with van der Waals surface area (Å²) in [4.78, 5) is 73.3. The number of nitrogens with zero attached hydrogens (tertiary/aromatic N) is 7. The van der Waals surface area contributed by atoms with Gasteiger partial charge >= 0.3 is 0 Å². The molecule has 15 aromatic carbocycles. The van der Waals surface area contributed by atoms with E-state index in [9.17, 15) is 29.3 Å². The van der Waals surface area contributed by atoms with Gasteiger partial charge < -0.3 is 57.2 Å². The molecule has 0 unspecified atom stereocenters. The number of rotatable bonds is 20. The number of aryl methyl sites for hydroxylation is 2. The van der Waals surface area contributed by atoms with Crippen molar-refractivity contribution < 1.29 is 24.1 Å². The van der Waals surface area contributed by atoms with E-state index in [1.807, 2.05) is 228 Å². The lowest BCUT2D eigenvalue weighted by Crippen LogP contribution is -2.48. The predicted molar refractivity (Wildman–Crippen MR) is 537 cm³/mol. The number of anilines is 9. The van der Waals surface area contributed by atoms with Gasteiger partial charge in [-0.05, 0) is 234 Å². The van der Waals surface area contributed by atoms with E-state index in [1.165, 1.54) is 62.8 Å². The van der Waals surface area contributed by atoms with Gasteiger partial charge in [0.15, 0.2) is 0 Å². The Morgan fingerprint density at radius 1 is 0.305 bits per heavy atom. The van der Waals surface area contributed by atoms with Crippen LogP contribution in [0.2, 0.25) is 0 Å². The van der Waals surface area contributed by atoms with Crippen LogP contribution in [0.1, 0.15) is 93.6 Å². The molecule has 3 aliphatic heterocycles. The lowest BCUT2D eigenvalue weighted by Gasteiger charge is -2.36. The first-order valence-corrected chi connectivity index (χ1v) is 44.6. The SMILES string of the molecule is CC(=O)Nc1ccc(N2CCN(C(=O)c3ccccc3)CC2)cc1Cc1ccccc1.Cc1cccc(-c2ccc(N)c(Cc3ccccc3)c2)c1.Cc1cccc(-c2ccc([N+](=O)[O-])c(Nc3ccccc3)c2)c1.Nc1ccc(N2CCN(C(=O)c3ccccc3)CC2)cc1Cc1ccccc1.Nc1ccc(N2CCN(C(=O)c3ccccc3)CC2)cc1Cc1ccccc1. The number of hydrogen-bond acceptors (Lipinski definition) is 13. The van der Waals surface area contributed by atoms with Crippen LogP contribution in [0.3, 0.4) is 0 Å². The van der Waals surface area contributed by atoms with E-state index in [0.717, 1.165) is 175 Å². The number of benzene rings is 15. The van der Waals surface area contributed by atoms with Crippen molar-refractivity contribution in [3.05, 3.63) is 465 Å². The molecule has 131 heavy (non-hydrogen) atoms. The molecule has 18 heteroatoms. The van der Waals surface area contributed by atoms with Crippen LogP contribution >= 0.6 is 0 Å². The standard InChI is InChI=1S/C26H27N3O2.2C24H25N3O.C20H19N.C19H16N2O2/c1-20(30)27-25-13-12-24(19-23(25)18-21-8-4-2-5-9-21)28-14-16-29(17-15-28)26(31)22-10-6-3-7-11-22;2*25-23-12-11-22(18-21(23)17-19-7-3-1-4-8-19)26-13-15-27(16-14-26)24(28)20-9-5-2-6-10-20;1-15-6-5-9-17(12-15)18-10-11-20(21)19(14-18)13-16-7-3-2-4-8-16;1-14-6-5-7-15(12-14)16-10-11-19(21(22)23)18(13-16)20-17-8-3-2-4-9-17/h2-13,19H,14-18H2,1H3,(H,27,30);2*1-12,18H,13-17,25H2;2-12,14H,13,21H2,1H3;2-13,20H,1H3. The first kappa shape index (κ1) is 91.4. The summed E-state index contributed by atoms with van der Waals surface area (Å²) in [7, 11) is 0. The molecule has 0 aromatic heterocycles. The summed E-state index contributed by atoms with van der Waals surface area (Å²) >= 11 is 0. The second-order valence-corrected chi connectivity index (χ2v) is 33.0. The van der Waals surface area contributed by atoms with Crippen LogP contribution in [0.5, 0.6) is 0 Å². The lowest BCUT2D eigenvalue weighted by atomic mass is 9.97. The van der Waals surface area contributed by atoms with E-state index in [2.05, 4.69) is 196 Å². The largest absolute Gasteiger partial charge is 0.398 e. The van der Waals surface area contributed by atoms with Crippen molar-refractivity contribution in [2.24, 2.45) is 0 Å². The summed E-state index contributed by atoms with van der Waals surface area (Å²) in [5, 5.41) is 17.4. The quantitative estimate of drug-likeness (QED) is 0.0272. The van der Waals surface area contributed by atoms with Crippen molar-refractivity contribution in [3.63, 3.8) is 0 Å². The average Bonchev–Trinajstić information content (AvgIpc) is 0.896. The molecule has 18 nitrogen and oxygen atoms in total. The molecule has 0 saturated carbocycles. The second kappa shape index (κ2) is 45.6. The topological polar surface area (TPSA) is 233 Å². The maximum Gasteiger partial charge on any atom is 0.292 e. The zero-order valence-corrected chi connectivity index (χ0v) is 74.5. The molecule has 0 spiro atoms. The van der Waals surface area contributed by atoms with Crippen LogP contribution < -0.4 is 42.5 Å². The highest BCUT2D eigenvalue weighted by Gasteiger charge is 2.27. The number of nitrogens with two attached hydrogens (primary N) is 3. The van der Waals surface area contributed by atoms with Gasteiger partial charge in [0.05, 0.1) is 4.92 Å². The van der Waals surface area contributed by atoms with Gasteiger partial charge in [0, 0.05) is 154 Å². The number of nitro benzene ring substituents is 1. The number of carbonyl (C=O) groups excluding carboxylic acids is 4. The van der Waals surface area contributed by atoms with Gasteiger partial charge in [0.25, 0.3) is 23.4 Å². The molecule has 18 rings (SSSR count). The molecule has 0 aliphatic carbocycles. The smallest absolute Gasteiger partial charge is 0.292 e. The van der Waals surface area contributed by atoms with Crippen LogP contribution in [0.25, 0.3) is 22.3 Å². The van der Waals surface area contributed by atoms with Crippen LogP contribution in [0, 0.1) is 24.0 Å². The zero-order chi connectivity index (χ0) is 91.2. The maximum atomic E-state index is 12.7. The lowest BCUT2D eigenvalue weighted by molar-refractivity contribution is -0.383. The van der Waals surface area contributed by atoms with Crippen molar-refractivity contribution in [1.82, 2.24) is 14.7 Å². The zero-order valence-electron chi connectivity index (χ0n) is 74.5. The molecule has 0 bridgehead atoms.